The molecule has 1 aliphatic rings. The number of aromatic nitrogens is 1. The number of aromatic carboxylic acids is 1. The van der Waals surface area contributed by atoms with E-state index in [-0.39, 0.29) is 23.2 Å². The Kier molecular flexibility index (Phi) is 3.64. The zero-order chi connectivity index (χ0) is 14.0. The topological polar surface area (TPSA) is 85.4 Å². The molecular formula is C14H20N2O3. The van der Waals surface area contributed by atoms with E-state index in [1.165, 1.54) is 12.3 Å². The molecule has 1 saturated carbocycles. The predicted octanol–water partition coefficient (Wildman–Crippen LogP) is 2.71. The standard InChI is InChI=1S/C14H20N2O3/c1-14(2)6-3-9(4-7-14)19-12-11(15)10(13(17)18)5-8-16-12/h5,8-9H,3-4,6-7,15H2,1-2H3,(H,17,18). The molecule has 2 rings (SSSR count). The first-order valence-corrected chi connectivity index (χ1v) is 6.53. The van der Waals surface area contributed by atoms with Crippen molar-refractivity contribution in [3.05, 3.63) is 17.8 Å². The lowest BCUT2D eigenvalue weighted by atomic mass is 9.76. The van der Waals surface area contributed by atoms with Crippen molar-refractivity contribution in [3.63, 3.8) is 0 Å². The number of hydrogen-bond donors (Lipinski definition) is 2. The number of nitrogen functional groups attached to an aromatic ring is 1. The molecule has 1 aromatic heterocycles. The van der Waals surface area contributed by atoms with Crippen LogP contribution in [0.5, 0.6) is 5.88 Å². The third kappa shape index (κ3) is 3.16. The van der Waals surface area contributed by atoms with Gasteiger partial charge in [0.25, 0.3) is 0 Å². The van der Waals surface area contributed by atoms with Crippen molar-refractivity contribution in [1.82, 2.24) is 4.98 Å². The molecule has 1 aromatic rings. The van der Waals surface area contributed by atoms with Gasteiger partial charge in [0, 0.05) is 6.20 Å². The lowest BCUT2D eigenvalue weighted by molar-refractivity contribution is 0.0695. The van der Waals surface area contributed by atoms with Crippen molar-refractivity contribution < 1.29 is 14.6 Å². The maximum Gasteiger partial charge on any atom is 0.338 e. The van der Waals surface area contributed by atoms with E-state index in [0.29, 0.717) is 5.41 Å². The van der Waals surface area contributed by atoms with E-state index in [4.69, 9.17) is 15.6 Å². The predicted molar refractivity (Wildman–Crippen MR) is 72.3 cm³/mol. The summed E-state index contributed by atoms with van der Waals surface area (Å²) in [4.78, 5) is 15.0. The van der Waals surface area contributed by atoms with Gasteiger partial charge >= 0.3 is 5.97 Å². The van der Waals surface area contributed by atoms with E-state index < -0.39 is 5.97 Å². The number of carbonyl (C=O) groups is 1. The first kappa shape index (κ1) is 13.6. The second-order valence-corrected chi connectivity index (χ2v) is 5.86. The highest BCUT2D eigenvalue weighted by atomic mass is 16.5. The van der Waals surface area contributed by atoms with E-state index in [2.05, 4.69) is 18.8 Å². The summed E-state index contributed by atoms with van der Waals surface area (Å²) >= 11 is 0. The van der Waals surface area contributed by atoms with Gasteiger partial charge in [0.05, 0.1) is 5.56 Å². The fourth-order valence-corrected chi connectivity index (χ4v) is 2.38. The van der Waals surface area contributed by atoms with E-state index >= 15 is 0 Å². The molecule has 5 heteroatoms. The van der Waals surface area contributed by atoms with Crippen LogP contribution in [0.25, 0.3) is 0 Å². The number of nitrogens with zero attached hydrogens (tertiary/aromatic N) is 1. The van der Waals surface area contributed by atoms with Crippen LogP contribution in [0.3, 0.4) is 0 Å². The number of ether oxygens (including phenoxy) is 1. The molecule has 1 fully saturated rings. The fourth-order valence-electron chi connectivity index (χ4n) is 2.38. The molecule has 3 N–H and O–H groups in total. The second-order valence-electron chi connectivity index (χ2n) is 5.86. The highest BCUT2D eigenvalue weighted by molar-refractivity contribution is 5.94. The molecule has 5 nitrogen and oxygen atoms in total. The first-order valence-electron chi connectivity index (χ1n) is 6.53. The first-order chi connectivity index (χ1) is 8.89. The minimum absolute atomic E-state index is 0.0427. The summed E-state index contributed by atoms with van der Waals surface area (Å²) in [5.41, 5.74) is 6.30. The van der Waals surface area contributed by atoms with Crippen LogP contribution in [0.4, 0.5) is 5.69 Å². The van der Waals surface area contributed by atoms with E-state index in [1.54, 1.807) is 0 Å². The number of carboxylic acids is 1. The van der Waals surface area contributed by atoms with Gasteiger partial charge in [-0.25, -0.2) is 9.78 Å². The number of hydrogen-bond acceptors (Lipinski definition) is 4. The molecule has 104 valence electrons. The maximum absolute atomic E-state index is 11.0. The van der Waals surface area contributed by atoms with Crippen LogP contribution in [-0.2, 0) is 0 Å². The maximum atomic E-state index is 11.0. The number of nitrogens with two attached hydrogens (primary N) is 1. The SMILES string of the molecule is CC1(C)CCC(Oc2nccc(C(=O)O)c2N)CC1. The molecule has 19 heavy (non-hydrogen) atoms. The van der Waals surface area contributed by atoms with E-state index in [1.807, 2.05) is 0 Å². The highest BCUT2D eigenvalue weighted by Gasteiger charge is 2.28. The Balaban J connectivity index is 2.08. The average Bonchev–Trinajstić information content (AvgIpc) is 2.34. The zero-order valence-electron chi connectivity index (χ0n) is 11.3. The minimum atomic E-state index is -1.06. The van der Waals surface area contributed by atoms with Gasteiger partial charge in [-0.2, -0.15) is 0 Å². The molecule has 0 unspecified atom stereocenters. The summed E-state index contributed by atoms with van der Waals surface area (Å²) in [6, 6.07) is 1.38. The molecule has 1 heterocycles. The number of rotatable bonds is 3. The molecule has 0 saturated heterocycles. The average molecular weight is 264 g/mol. The van der Waals surface area contributed by atoms with Crippen molar-refractivity contribution >= 4 is 11.7 Å². The number of carboxylic acid groups (broad SMARTS) is 1. The lowest BCUT2D eigenvalue weighted by Gasteiger charge is -2.34. The molecule has 0 amide bonds. The molecule has 0 spiro atoms. The van der Waals surface area contributed by atoms with Gasteiger partial charge in [0.1, 0.15) is 11.8 Å². The summed E-state index contributed by atoms with van der Waals surface area (Å²) in [6.45, 7) is 4.50. The van der Waals surface area contributed by atoms with Crippen molar-refractivity contribution in [2.24, 2.45) is 5.41 Å². The third-order valence-corrected chi connectivity index (χ3v) is 3.75. The van der Waals surface area contributed by atoms with Crippen molar-refractivity contribution in [1.29, 1.82) is 0 Å². The summed E-state index contributed by atoms with van der Waals surface area (Å²) < 4.78 is 5.77. The summed E-state index contributed by atoms with van der Waals surface area (Å²) in [6.07, 6.45) is 5.58. The number of anilines is 1. The van der Waals surface area contributed by atoms with Crippen molar-refractivity contribution in [2.75, 3.05) is 5.73 Å². The monoisotopic (exact) mass is 264 g/mol. The Morgan fingerprint density at radius 3 is 2.68 bits per heavy atom. The Bertz CT molecular complexity index is 476. The summed E-state index contributed by atoms with van der Waals surface area (Å²) in [5, 5.41) is 9.00. The van der Waals surface area contributed by atoms with Crippen LogP contribution in [0, 0.1) is 5.41 Å². The van der Waals surface area contributed by atoms with Gasteiger partial charge in [-0.15, -0.1) is 0 Å². The van der Waals surface area contributed by atoms with Crippen LogP contribution in [-0.4, -0.2) is 22.2 Å². The van der Waals surface area contributed by atoms with Crippen LogP contribution in [0.1, 0.15) is 49.9 Å². The van der Waals surface area contributed by atoms with Gasteiger partial charge in [0.15, 0.2) is 0 Å². The highest BCUT2D eigenvalue weighted by Crippen LogP contribution is 2.37. The molecule has 0 bridgehead atoms. The van der Waals surface area contributed by atoms with Crippen LogP contribution in [0.2, 0.25) is 0 Å². The number of pyridine rings is 1. The lowest BCUT2D eigenvalue weighted by Crippen LogP contribution is -2.29. The summed E-state index contributed by atoms with van der Waals surface area (Å²) in [7, 11) is 0. The molecule has 0 aliphatic heterocycles. The fraction of sp³-hybridized carbons (Fsp3) is 0.571. The van der Waals surface area contributed by atoms with Gasteiger partial charge in [-0.3, -0.25) is 0 Å². The van der Waals surface area contributed by atoms with Crippen molar-refractivity contribution in [3.8, 4) is 5.88 Å². The molecule has 0 atom stereocenters. The Morgan fingerprint density at radius 1 is 1.47 bits per heavy atom. The largest absolute Gasteiger partial charge is 0.478 e. The zero-order valence-corrected chi connectivity index (χ0v) is 11.3. The van der Waals surface area contributed by atoms with Gasteiger partial charge in [0.2, 0.25) is 5.88 Å². The van der Waals surface area contributed by atoms with Gasteiger partial charge in [-0.1, -0.05) is 13.8 Å². The minimum Gasteiger partial charge on any atom is -0.478 e. The Hall–Kier alpha value is -1.78. The van der Waals surface area contributed by atoms with Crippen molar-refractivity contribution in [2.45, 2.75) is 45.6 Å². The van der Waals surface area contributed by atoms with E-state index in [9.17, 15) is 4.79 Å². The van der Waals surface area contributed by atoms with Crippen LogP contribution >= 0.6 is 0 Å². The molecule has 1 aliphatic carbocycles. The molecular weight excluding hydrogens is 244 g/mol. The van der Waals surface area contributed by atoms with Gasteiger partial charge < -0.3 is 15.6 Å². The van der Waals surface area contributed by atoms with Crippen LogP contribution in [0.15, 0.2) is 12.3 Å². The quantitative estimate of drug-likeness (QED) is 0.876. The van der Waals surface area contributed by atoms with Gasteiger partial charge in [-0.05, 0) is 37.2 Å². The smallest absolute Gasteiger partial charge is 0.338 e. The Labute approximate surface area is 112 Å². The van der Waals surface area contributed by atoms with E-state index in [0.717, 1.165) is 25.7 Å². The third-order valence-electron chi connectivity index (χ3n) is 3.75. The normalized spacial score (nSPS) is 19.1. The summed E-state index contributed by atoms with van der Waals surface area (Å²) in [5.74, 6) is -0.820. The molecule has 0 aromatic carbocycles. The Morgan fingerprint density at radius 2 is 2.11 bits per heavy atom. The molecule has 0 radical (unpaired) electrons. The van der Waals surface area contributed by atoms with Crippen LogP contribution < -0.4 is 10.5 Å². The second kappa shape index (κ2) is 5.07.